The maximum absolute atomic E-state index is 13.3. The first-order chi connectivity index (χ1) is 8.61. The van der Waals surface area contributed by atoms with Crippen molar-refractivity contribution in [3.8, 4) is 5.75 Å². The van der Waals surface area contributed by atoms with Gasteiger partial charge < -0.3 is 9.64 Å². The van der Waals surface area contributed by atoms with Crippen molar-refractivity contribution < 1.29 is 13.9 Å². The Bertz CT molecular complexity index is 445. The van der Waals surface area contributed by atoms with Gasteiger partial charge in [-0.1, -0.05) is 15.9 Å². The highest BCUT2D eigenvalue weighted by Gasteiger charge is 2.22. The zero-order valence-electron chi connectivity index (χ0n) is 10.2. The number of piperidine rings is 1. The Hall–Kier alpha value is -1.10. The van der Waals surface area contributed by atoms with E-state index in [1.54, 1.807) is 4.90 Å². The van der Waals surface area contributed by atoms with E-state index in [-0.39, 0.29) is 11.7 Å². The van der Waals surface area contributed by atoms with Crippen LogP contribution in [0, 0.1) is 5.82 Å². The summed E-state index contributed by atoms with van der Waals surface area (Å²) in [4.78, 5) is 14.5. The number of amides is 1. The molecule has 0 aromatic heterocycles. The Kier molecular flexibility index (Phi) is 4.22. The molecule has 3 nitrogen and oxygen atoms in total. The first-order valence-corrected chi connectivity index (χ1v) is 6.80. The molecule has 0 N–H and O–H groups in total. The van der Waals surface area contributed by atoms with Crippen molar-refractivity contribution in [2.75, 3.05) is 20.2 Å². The number of nitrogens with zero attached hydrogens (tertiary/aromatic N) is 1. The van der Waals surface area contributed by atoms with Crippen molar-refractivity contribution in [3.05, 3.63) is 29.6 Å². The highest BCUT2D eigenvalue weighted by Crippen LogP contribution is 2.22. The van der Waals surface area contributed by atoms with E-state index in [0.29, 0.717) is 10.4 Å². The average molecular weight is 316 g/mol. The number of rotatable bonds is 2. The first kappa shape index (κ1) is 13.3. The minimum Gasteiger partial charge on any atom is -0.494 e. The molecule has 1 aromatic carbocycles. The molecule has 1 aliphatic heterocycles. The van der Waals surface area contributed by atoms with Gasteiger partial charge in [0.25, 0.3) is 5.91 Å². The van der Waals surface area contributed by atoms with E-state index in [4.69, 9.17) is 4.74 Å². The number of hydrogen-bond acceptors (Lipinski definition) is 2. The number of ether oxygens (including phenoxy) is 1. The zero-order valence-corrected chi connectivity index (χ0v) is 11.7. The molecule has 0 bridgehead atoms. The number of methoxy groups -OCH3 is 1. The van der Waals surface area contributed by atoms with Crippen LogP contribution in [0.25, 0.3) is 0 Å². The van der Waals surface area contributed by atoms with Crippen LogP contribution in [0.15, 0.2) is 18.2 Å². The Morgan fingerprint density at radius 3 is 2.72 bits per heavy atom. The largest absolute Gasteiger partial charge is 0.494 e. The minimum atomic E-state index is -0.451. The molecule has 1 aromatic rings. The van der Waals surface area contributed by atoms with Crippen molar-refractivity contribution in [3.63, 3.8) is 0 Å². The smallest absolute Gasteiger partial charge is 0.253 e. The lowest BCUT2D eigenvalue weighted by atomic mass is 10.1. The van der Waals surface area contributed by atoms with E-state index in [2.05, 4.69) is 15.9 Å². The monoisotopic (exact) mass is 315 g/mol. The molecule has 1 amide bonds. The summed E-state index contributed by atoms with van der Waals surface area (Å²) in [5.74, 6) is -0.405. The van der Waals surface area contributed by atoms with Gasteiger partial charge in [-0.25, -0.2) is 4.39 Å². The minimum absolute atomic E-state index is 0.0623. The fourth-order valence-electron chi connectivity index (χ4n) is 2.03. The fraction of sp³-hybridized carbons (Fsp3) is 0.462. The van der Waals surface area contributed by atoms with Crippen molar-refractivity contribution in [1.82, 2.24) is 4.90 Å². The van der Waals surface area contributed by atoms with E-state index in [0.717, 1.165) is 25.9 Å². The lowest BCUT2D eigenvalue weighted by Gasteiger charge is -2.29. The molecular weight excluding hydrogens is 301 g/mol. The van der Waals surface area contributed by atoms with Gasteiger partial charge in [-0.2, -0.15) is 0 Å². The Balaban J connectivity index is 2.13. The summed E-state index contributed by atoms with van der Waals surface area (Å²) in [7, 11) is 1.39. The van der Waals surface area contributed by atoms with Crippen LogP contribution in [-0.4, -0.2) is 35.8 Å². The molecule has 2 rings (SSSR count). The zero-order chi connectivity index (χ0) is 13.1. The number of hydrogen-bond donors (Lipinski definition) is 0. The summed E-state index contributed by atoms with van der Waals surface area (Å²) in [6.07, 6.45) is 1.90. The van der Waals surface area contributed by atoms with Crippen molar-refractivity contribution in [2.45, 2.75) is 17.7 Å². The summed E-state index contributed by atoms with van der Waals surface area (Å²) in [5, 5.41) is 0. The van der Waals surface area contributed by atoms with Gasteiger partial charge in [0, 0.05) is 23.5 Å². The predicted octanol–water partition coefficient (Wildman–Crippen LogP) is 2.83. The van der Waals surface area contributed by atoms with Crippen LogP contribution in [0.5, 0.6) is 5.75 Å². The Labute approximate surface area is 114 Å². The number of alkyl halides is 1. The number of halogens is 2. The second-order valence-electron chi connectivity index (χ2n) is 4.32. The van der Waals surface area contributed by atoms with Crippen molar-refractivity contribution in [1.29, 1.82) is 0 Å². The predicted molar refractivity (Wildman–Crippen MR) is 70.8 cm³/mol. The van der Waals surface area contributed by atoms with Crippen LogP contribution >= 0.6 is 15.9 Å². The van der Waals surface area contributed by atoms with Crippen LogP contribution in [0.4, 0.5) is 4.39 Å². The summed E-state index contributed by atoms with van der Waals surface area (Å²) in [6, 6.07) is 4.22. The maximum atomic E-state index is 13.3. The second-order valence-corrected chi connectivity index (χ2v) is 5.61. The third kappa shape index (κ3) is 2.83. The molecule has 1 aliphatic rings. The third-order valence-electron chi connectivity index (χ3n) is 3.11. The summed E-state index contributed by atoms with van der Waals surface area (Å²) < 4.78 is 18.2. The molecular formula is C13H15BrFNO2. The van der Waals surface area contributed by atoms with Gasteiger partial charge in [0.15, 0.2) is 11.6 Å². The van der Waals surface area contributed by atoms with Gasteiger partial charge in [0.2, 0.25) is 0 Å². The van der Waals surface area contributed by atoms with Gasteiger partial charge in [0.1, 0.15) is 0 Å². The van der Waals surface area contributed by atoms with Crippen LogP contribution < -0.4 is 4.74 Å². The molecule has 0 saturated carbocycles. The summed E-state index contributed by atoms with van der Waals surface area (Å²) >= 11 is 3.55. The first-order valence-electron chi connectivity index (χ1n) is 5.88. The molecule has 18 heavy (non-hydrogen) atoms. The van der Waals surface area contributed by atoms with Crippen LogP contribution in [0.2, 0.25) is 0 Å². The van der Waals surface area contributed by atoms with Gasteiger partial charge in [-0.3, -0.25) is 4.79 Å². The van der Waals surface area contributed by atoms with Gasteiger partial charge >= 0.3 is 0 Å². The Morgan fingerprint density at radius 2 is 2.11 bits per heavy atom. The van der Waals surface area contributed by atoms with E-state index in [9.17, 15) is 9.18 Å². The number of benzene rings is 1. The molecule has 1 fully saturated rings. The number of likely N-dealkylation sites (tertiary alicyclic amines) is 1. The van der Waals surface area contributed by atoms with Gasteiger partial charge in [-0.05, 0) is 31.0 Å². The van der Waals surface area contributed by atoms with Crippen LogP contribution in [0.1, 0.15) is 23.2 Å². The quantitative estimate of drug-likeness (QED) is 0.785. The standard InChI is InChI=1S/C13H15BrFNO2/c1-18-12-8-9(2-3-11(12)15)13(17)16-6-4-10(14)5-7-16/h2-3,8,10H,4-7H2,1H3. The van der Waals surface area contributed by atoms with E-state index in [1.807, 2.05) is 0 Å². The molecule has 0 atom stereocenters. The number of carbonyl (C=O) groups is 1. The molecule has 1 saturated heterocycles. The lowest BCUT2D eigenvalue weighted by molar-refractivity contribution is 0.0728. The fourth-order valence-corrected chi connectivity index (χ4v) is 2.44. The molecule has 98 valence electrons. The summed E-state index contributed by atoms with van der Waals surface area (Å²) in [5.41, 5.74) is 0.473. The van der Waals surface area contributed by atoms with E-state index < -0.39 is 5.82 Å². The average Bonchev–Trinajstić information content (AvgIpc) is 2.39. The third-order valence-corrected chi connectivity index (χ3v) is 4.03. The van der Waals surface area contributed by atoms with Crippen LogP contribution in [-0.2, 0) is 0 Å². The molecule has 0 spiro atoms. The van der Waals surface area contributed by atoms with Crippen molar-refractivity contribution in [2.24, 2.45) is 0 Å². The van der Waals surface area contributed by atoms with Gasteiger partial charge in [-0.15, -0.1) is 0 Å². The highest BCUT2D eigenvalue weighted by molar-refractivity contribution is 9.09. The normalized spacial score (nSPS) is 16.7. The summed E-state index contributed by atoms with van der Waals surface area (Å²) in [6.45, 7) is 1.46. The molecule has 1 heterocycles. The van der Waals surface area contributed by atoms with E-state index in [1.165, 1.54) is 25.3 Å². The van der Waals surface area contributed by atoms with E-state index >= 15 is 0 Å². The van der Waals surface area contributed by atoms with Gasteiger partial charge in [0.05, 0.1) is 7.11 Å². The lowest BCUT2D eigenvalue weighted by Crippen LogP contribution is -2.38. The molecule has 5 heteroatoms. The Morgan fingerprint density at radius 1 is 1.44 bits per heavy atom. The molecule has 0 unspecified atom stereocenters. The topological polar surface area (TPSA) is 29.5 Å². The maximum Gasteiger partial charge on any atom is 0.253 e. The highest BCUT2D eigenvalue weighted by atomic mass is 79.9. The second kappa shape index (κ2) is 5.69. The molecule has 0 aliphatic carbocycles. The van der Waals surface area contributed by atoms with Crippen LogP contribution in [0.3, 0.4) is 0 Å². The number of carbonyl (C=O) groups excluding carboxylic acids is 1. The van der Waals surface area contributed by atoms with Crippen molar-refractivity contribution >= 4 is 21.8 Å². The molecule has 0 radical (unpaired) electrons. The SMILES string of the molecule is COc1cc(C(=O)N2CCC(Br)CC2)ccc1F.